The van der Waals surface area contributed by atoms with Gasteiger partial charge in [0.2, 0.25) is 6.10 Å². The van der Waals surface area contributed by atoms with Gasteiger partial charge < -0.3 is 24.3 Å². The number of carbonyl (C=O) groups is 5. The Hall–Kier alpha value is -3.43. The number of anilines is 1. The van der Waals surface area contributed by atoms with Crippen molar-refractivity contribution < 1.29 is 42.9 Å². The molecule has 10 nitrogen and oxygen atoms in total. The Kier molecular flexibility index (Phi) is 9.30. The lowest BCUT2D eigenvalue weighted by atomic mass is 10.1. The van der Waals surface area contributed by atoms with E-state index in [1.807, 2.05) is 0 Å². The van der Waals surface area contributed by atoms with E-state index < -0.39 is 54.7 Å². The molecule has 0 unspecified atom stereocenters. The van der Waals surface area contributed by atoms with E-state index in [1.54, 1.807) is 30.3 Å². The highest BCUT2D eigenvalue weighted by Crippen LogP contribution is 2.17. The normalized spacial score (nSPS) is 13.2. The highest BCUT2D eigenvalue weighted by Gasteiger charge is 2.42. The average molecular weight is 409 g/mol. The summed E-state index contributed by atoms with van der Waals surface area (Å²) in [7, 11) is 0. The Bertz CT molecular complexity index is 747. The molecule has 158 valence electrons. The van der Waals surface area contributed by atoms with Gasteiger partial charge in [0.05, 0.1) is 0 Å². The molecule has 0 radical (unpaired) electrons. The van der Waals surface area contributed by atoms with Crippen LogP contribution in [0.4, 0.5) is 5.69 Å². The SMILES string of the molecule is CC(=O)OC[C@@H](OC(C)=O)[C@@H](OC(C)=O)[C@@H](OC(C)=O)C(=O)Nc1ccccc1. The van der Waals surface area contributed by atoms with Crippen LogP contribution >= 0.6 is 0 Å². The van der Waals surface area contributed by atoms with Gasteiger partial charge in [-0.15, -0.1) is 0 Å². The molecule has 0 aliphatic heterocycles. The number of ether oxygens (including phenoxy) is 4. The maximum Gasteiger partial charge on any atom is 0.303 e. The van der Waals surface area contributed by atoms with Gasteiger partial charge in [-0.05, 0) is 12.1 Å². The molecule has 0 spiro atoms. The molecule has 1 aromatic rings. The predicted octanol–water partition coefficient (Wildman–Crippen LogP) is 0.983. The van der Waals surface area contributed by atoms with Crippen LogP contribution in [-0.2, 0) is 42.9 Å². The zero-order valence-corrected chi connectivity index (χ0v) is 16.5. The van der Waals surface area contributed by atoms with Gasteiger partial charge in [0.25, 0.3) is 5.91 Å². The maximum absolute atomic E-state index is 12.8. The highest BCUT2D eigenvalue weighted by molar-refractivity contribution is 5.96. The predicted molar refractivity (Wildman–Crippen MR) is 98.4 cm³/mol. The van der Waals surface area contributed by atoms with E-state index in [-0.39, 0.29) is 0 Å². The van der Waals surface area contributed by atoms with Gasteiger partial charge in [-0.1, -0.05) is 18.2 Å². The Balaban J connectivity index is 3.24. The number of hydrogen-bond donors (Lipinski definition) is 1. The largest absolute Gasteiger partial charge is 0.462 e. The fourth-order valence-corrected chi connectivity index (χ4v) is 2.32. The summed E-state index contributed by atoms with van der Waals surface area (Å²) in [4.78, 5) is 58.6. The van der Waals surface area contributed by atoms with Crippen molar-refractivity contribution in [1.82, 2.24) is 0 Å². The lowest BCUT2D eigenvalue weighted by molar-refractivity contribution is -0.190. The Morgan fingerprint density at radius 2 is 1.34 bits per heavy atom. The molecule has 1 aromatic carbocycles. The molecule has 1 rings (SSSR count). The van der Waals surface area contributed by atoms with Crippen LogP contribution in [0.15, 0.2) is 30.3 Å². The Morgan fingerprint density at radius 3 is 1.83 bits per heavy atom. The maximum atomic E-state index is 12.8. The van der Waals surface area contributed by atoms with Crippen LogP contribution in [-0.4, -0.2) is 54.7 Å². The third-order valence-corrected chi connectivity index (χ3v) is 3.33. The molecule has 0 aromatic heterocycles. The number of amides is 1. The topological polar surface area (TPSA) is 134 Å². The number of esters is 4. The first-order chi connectivity index (χ1) is 13.6. The molecule has 29 heavy (non-hydrogen) atoms. The summed E-state index contributed by atoms with van der Waals surface area (Å²) in [5.41, 5.74) is 0.389. The first kappa shape index (κ1) is 23.6. The molecular formula is C19H23NO9. The van der Waals surface area contributed by atoms with Gasteiger partial charge in [-0.3, -0.25) is 24.0 Å². The summed E-state index contributed by atoms with van der Waals surface area (Å²) < 4.78 is 20.1. The fourth-order valence-electron chi connectivity index (χ4n) is 2.32. The van der Waals surface area contributed by atoms with E-state index in [4.69, 9.17) is 18.9 Å². The van der Waals surface area contributed by atoms with Crippen molar-refractivity contribution in [2.45, 2.75) is 46.0 Å². The van der Waals surface area contributed by atoms with Gasteiger partial charge in [0.15, 0.2) is 12.2 Å². The van der Waals surface area contributed by atoms with E-state index in [2.05, 4.69) is 5.32 Å². The molecular weight excluding hydrogens is 386 g/mol. The van der Waals surface area contributed by atoms with Crippen LogP contribution in [0.3, 0.4) is 0 Å². The Morgan fingerprint density at radius 1 is 0.793 bits per heavy atom. The molecule has 0 saturated heterocycles. The molecule has 0 aliphatic carbocycles. The van der Waals surface area contributed by atoms with Crippen LogP contribution < -0.4 is 5.32 Å². The molecule has 0 aliphatic rings. The molecule has 0 bridgehead atoms. The molecule has 0 saturated carbocycles. The van der Waals surface area contributed by atoms with Crippen molar-refractivity contribution in [3.8, 4) is 0 Å². The smallest absolute Gasteiger partial charge is 0.303 e. The van der Waals surface area contributed by atoms with Gasteiger partial charge in [0.1, 0.15) is 6.61 Å². The van der Waals surface area contributed by atoms with Crippen LogP contribution in [0, 0.1) is 0 Å². The minimum absolute atomic E-state index is 0.389. The van der Waals surface area contributed by atoms with Crippen LogP contribution in [0.5, 0.6) is 0 Å². The second kappa shape index (κ2) is 11.4. The summed E-state index contributed by atoms with van der Waals surface area (Å²) in [6.45, 7) is 3.79. The van der Waals surface area contributed by atoms with Crippen molar-refractivity contribution >= 4 is 35.5 Å². The molecule has 1 N–H and O–H groups in total. The zero-order valence-electron chi connectivity index (χ0n) is 16.5. The van der Waals surface area contributed by atoms with Crippen molar-refractivity contribution in [1.29, 1.82) is 0 Å². The number of carbonyl (C=O) groups excluding carboxylic acids is 5. The number of benzene rings is 1. The van der Waals surface area contributed by atoms with Crippen LogP contribution in [0.1, 0.15) is 27.7 Å². The molecule has 0 fully saturated rings. The zero-order chi connectivity index (χ0) is 22.0. The molecule has 10 heteroatoms. The van der Waals surface area contributed by atoms with E-state index in [0.29, 0.717) is 5.69 Å². The molecule has 3 atom stereocenters. The summed E-state index contributed by atoms with van der Waals surface area (Å²) in [5, 5.41) is 2.52. The van der Waals surface area contributed by atoms with Gasteiger partial charge >= 0.3 is 23.9 Å². The number of para-hydroxylation sites is 1. The van der Waals surface area contributed by atoms with Crippen molar-refractivity contribution in [3.05, 3.63) is 30.3 Å². The monoisotopic (exact) mass is 409 g/mol. The van der Waals surface area contributed by atoms with E-state index in [0.717, 1.165) is 27.7 Å². The fraction of sp³-hybridized carbons (Fsp3) is 0.421. The van der Waals surface area contributed by atoms with Crippen LogP contribution in [0.2, 0.25) is 0 Å². The summed E-state index contributed by atoms with van der Waals surface area (Å²) in [6, 6.07) is 8.25. The summed E-state index contributed by atoms with van der Waals surface area (Å²) in [5.74, 6) is -3.99. The van der Waals surface area contributed by atoms with E-state index in [9.17, 15) is 24.0 Å². The third kappa shape index (κ3) is 8.87. The van der Waals surface area contributed by atoms with Gasteiger partial charge in [0, 0.05) is 33.4 Å². The standard InChI is InChI=1S/C19H23NO9/c1-11(21)26-10-16(27-12(2)22)17(28-13(3)23)18(29-14(4)24)19(25)20-15-8-6-5-7-9-15/h5-9,16-18H,10H2,1-4H3,(H,20,25)/t16-,17-,18-/m1/s1. The van der Waals surface area contributed by atoms with E-state index in [1.165, 1.54) is 0 Å². The summed E-state index contributed by atoms with van der Waals surface area (Å²) >= 11 is 0. The Labute approximate surface area is 167 Å². The second-order valence-electron chi connectivity index (χ2n) is 5.91. The number of rotatable bonds is 9. The minimum Gasteiger partial charge on any atom is -0.462 e. The van der Waals surface area contributed by atoms with Crippen molar-refractivity contribution in [2.75, 3.05) is 11.9 Å². The van der Waals surface area contributed by atoms with E-state index >= 15 is 0 Å². The van der Waals surface area contributed by atoms with Crippen molar-refractivity contribution in [3.63, 3.8) is 0 Å². The quantitative estimate of drug-likeness (QED) is 0.468. The van der Waals surface area contributed by atoms with Crippen LogP contribution in [0.25, 0.3) is 0 Å². The average Bonchev–Trinajstić information content (AvgIpc) is 2.61. The molecule has 1 amide bonds. The molecule has 0 heterocycles. The number of hydrogen-bond acceptors (Lipinski definition) is 9. The lowest BCUT2D eigenvalue weighted by Crippen LogP contribution is -2.52. The highest BCUT2D eigenvalue weighted by atomic mass is 16.6. The van der Waals surface area contributed by atoms with Gasteiger partial charge in [-0.2, -0.15) is 0 Å². The van der Waals surface area contributed by atoms with Gasteiger partial charge in [-0.25, -0.2) is 0 Å². The first-order valence-corrected chi connectivity index (χ1v) is 8.61. The second-order valence-corrected chi connectivity index (χ2v) is 5.91. The first-order valence-electron chi connectivity index (χ1n) is 8.61. The lowest BCUT2D eigenvalue weighted by Gasteiger charge is -2.30. The minimum atomic E-state index is -1.68. The number of nitrogens with one attached hydrogen (secondary N) is 1. The summed E-state index contributed by atoms with van der Waals surface area (Å²) in [6.07, 6.45) is -4.65. The van der Waals surface area contributed by atoms with Crippen molar-refractivity contribution in [2.24, 2.45) is 0 Å². The third-order valence-electron chi connectivity index (χ3n) is 3.33.